The van der Waals surface area contributed by atoms with E-state index >= 15 is 0 Å². The monoisotopic (exact) mass is 810 g/mol. The predicted octanol–water partition coefficient (Wildman–Crippen LogP) is 9.40. The SMILES string of the molecule is O=C(CNc1nc2cc(Cl)cc(-c3cc([N+](=O)[O-])cc4[nH]c(CCNC(=O)c5ccc(Oc6ccccc6)cc5)nc34)c2s1)Nc1ccc(Oc2cccnc2)cc1. The highest BCUT2D eigenvalue weighted by Gasteiger charge is 2.21. The second-order valence-corrected chi connectivity index (χ2v) is 14.2. The minimum Gasteiger partial charge on any atom is -0.457 e. The zero-order valence-corrected chi connectivity index (χ0v) is 31.8. The van der Waals surface area contributed by atoms with Crippen LogP contribution in [0.15, 0.2) is 128 Å². The number of carbonyl (C=O) groups excluding carboxylic acids is 2. The second-order valence-electron chi connectivity index (χ2n) is 12.8. The van der Waals surface area contributed by atoms with Crippen molar-refractivity contribution in [3.05, 3.63) is 154 Å². The number of halogens is 1. The van der Waals surface area contributed by atoms with Gasteiger partial charge in [0.1, 0.15) is 28.8 Å². The summed E-state index contributed by atoms with van der Waals surface area (Å²) in [6.45, 7) is 0.175. The van der Waals surface area contributed by atoms with Gasteiger partial charge in [-0.2, -0.15) is 0 Å². The fourth-order valence-corrected chi connectivity index (χ4v) is 7.25. The number of pyridine rings is 1. The van der Waals surface area contributed by atoms with Gasteiger partial charge >= 0.3 is 0 Å². The van der Waals surface area contributed by atoms with Gasteiger partial charge in [0.05, 0.1) is 38.9 Å². The van der Waals surface area contributed by atoms with Crippen LogP contribution in [0.25, 0.3) is 32.4 Å². The number of H-pyrrole nitrogens is 1. The van der Waals surface area contributed by atoms with Gasteiger partial charge in [-0.05, 0) is 84.9 Å². The van der Waals surface area contributed by atoms with E-state index in [2.05, 4.69) is 30.9 Å². The number of nitro groups is 1. The van der Waals surface area contributed by atoms with E-state index in [1.54, 1.807) is 85.2 Å². The first-order chi connectivity index (χ1) is 28.2. The van der Waals surface area contributed by atoms with Crippen LogP contribution in [-0.2, 0) is 11.2 Å². The summed E-state index contributed by atoms with van der Waals surface area (Å²) in [6, 6.07) is 33.0. The fourth-order valence-electron chi connectivity index (χ4n) is 6.06. The molecular formula is C42H31ClN8O6S. The number of hydrogen-bond donors (Lipinski definition) is 4. The van der Waals surface area contributed by atoms with Gasteiger partial charge < -0.3 is 30.4 Å². The molecule has 58 heavy (non-hydrogen) atoms. The molecule has 8 aromatic rings. The second kappa shape index (κ2) is 16.8. The Morgan fingerprint density at radius 2 is 1.55 bits per heavy atom. The molecular weight excluding hydrogens is 780 g/mol. The van der Waals surface area contributed by atoms with Gasteiger partial charge in [-0.25, -0.2) is 9.97 Å². The lowest BCUT2D eigenvalue weighted by Gasteiger charge is -2.08. The van der Waals surface area contributed by atoms with Gasteiger partial charge in [-0.15, -0.1) is 0 Å². The maximum atomic E-state index is 12.9. The highest BCUT2D eigenvalue weighted by molar-refractivity contribution is 7.22. The van der Waals surface area contributed by atoms with E-state index in [4.69, 9.17) is 26.1 Å². The Balaban J connectivity index is 0.947. The summed E-state index contributed by atoms with van der Waals surface area (Å²) in [7, 11) is 0. The van der Waals surface area contributed by atoms with Crippen molar-refractivity contribution in [2.75, 3.05) is 23.7 Å². The first-order valence-corrected chi connectivity index (χ1v) is 19.0. The number of non-ortho nitro benzene ring substituents is 1. The van der Waals surface area contributed by atoms with Crippen molar-refractivity contribution < 1.29 is 24.0 Å². The van der Waals surface area contributed by atoms with Gasteiger partial charge in [0.2, 0.25) is 5.91 Å². The molecule has 0 aliphatic carbocycles. The normalized spacial score (nSPS) is 11.0. The highest BCUT2D eigenvalue weighted by Crippen LogP contribution is 2.41. The Hall–Kier alpha value is -7.36. The number of amides is 2. The Kier molecular flexibility index (Phi) is 10.9. The lowest BCUT2D eigenvalue weighted by atomic mass is 10.0. The molecule has 3 aromatic heterocycles. The molecule has 0 saturated heterocycles. The molecule has 0 aliphatic rings. The molecule has 3 heterocycles. The summed E-state index contributed by atoms with van der Waals surface area (Å²) < 4.78 is 12.3. The maximum Gasteiger partial charge on any atom is 0.272 e. The summed E-state index contributed by atoms with van der Waals surface area (Å²) >= 11 is 7.85. The maximum absolute atomic E-state index is 12.9. The first kappa shape index (κ1) is 37.6. The van der Waals surface area contributed by atoms with Crippen molar-refractivity contribution in [2.45, 2.75) is 6.42 Å². The average Bonchev–Trinajstić information content (AvgIpc) is 3.85. The Bertz CT molecular complexity index is 2760. The van der Waals surface area contributed by atoms with Gasteiger partial charge in [0.25, 0.3) is 11.6 Å². The number of rotatable bonds is 14. The van der Waals surface area contributed by atoms with E-state index in [1.807, 2.05) is 30.3 Å². The van der Waals surface area contributed by atoms with Crippen molar-refractivity contribution >= 4 is 72.5 Å². The van der Waals surface area contributed by atoms with Gasteiger partial charge in [0.15, 0.2) is 5.13 Å². The van der Waals surface area contributed by atoms with E-state index in [9.17, 15) is 19.7 Å². The molecule has 0 spiro atoms. The number of aromatic amines is 1. The first-order valence-electron chi connectivity index (χ1n) is 17.8. The minimum absolute atomic E-state index is 0.0782. The number of thiazole rings is 1. The molecule has 4 N–H and O–H groups in total. The van der Waals surface area contributed by atoms with Crippen LogP contribution in [0.1, 0.15) is 16.2 Å². The summed E-state index contributed by atoms with van der Waals surface area (Å²) in [5.74, 6) is 2.44. The average molecular weight is 811 g/mol. The number of fused-ring (bicyclic) bond motifs is 2. The zero-order chi connectivity index (χ0) is 40.0. The number of anilines is 2. The smallest absolute Gasteiger partial charge is 0.272 e. The molecule has 0 saturated carbocycles. The van der Waals surface area contributed by atoms with Crippen LogP contribution in [0.3, 0.4) is 0 Å². The number of benzene rings is 5. The lowest BCUT2D eigenvalue weighted by Crippen LogP contribution is -2.25. The van der Waals surface area contributed by atoms with Crippen LogP contribution in [0.4, 0.5) is 16.5 Å². The largest absolute Gasteiger partial charge is 0.457 e. The number of ether oxygens (including phenoxy) is 2. The van der Waals surface area contributed by atoms with Gasteiger partial charge in [-0.1, -0.05) is 41.1 Å². The van der Waals surface area contributed by atoms with Gasteiger partial charge in [-0.3, -0.25) is 24.7 Å². The lowest BCUT2D eigenvalue weighted by molar-refractivity contribution is -0.384. The molecule has 5 aromatic carbocycles. The van der Waals surface area contributed by atoms with Crippen LogP contribution < -0.4 is 25.4 Å². The van der Waals surface area contributed by atoms with Crippen LogP contribution >= 0.6 is 22.9 Å². The number of nitrogens with one attached hydrogen (secondary N) is 4. The summed E-state index contributed by atoms with van der Waals surface area (Å²) in [4.78, 5) is 54.0. The number of nitro benzene ring substituents is 1. The van der Waals surface area contributed by atoms with E-state index < -0.39 is 4.92 Å². The van der Waals surface area contributed by atoms with E-state index in [0.29, 0.717) is 89.0 Å². The number of para-hydroxylation sites is 1. The van der Waals surface area contributed by atoms with E-state index in [0.717, 1.165) is 0 Å². The number of hydrogen-bond acceptors (Lipinski definition) is 11. The van der Waals surface area contributed by atoms with Crippen molar-refractivity contribution in [3.8, 4) is 34.1 Å². The number of carbonyl (C=O) groups is 2. The van der Waals surface area contributed by atoms with Crippen molar-refractivity contribution in [2.24, 2.45) is 0 Å². The van der Waals surface area contributed by atoms with Crippen molar-refractivity contribution in [3.63, 3.8) is 0 Å². The molecule has 2 amide bonds. The Labute approximate surface area is 339 Å². The number of nitrogens with zero attached hydrogens (tertiary/aromatic N) is 4. The Morgan fingerprint density at radius 1 is 0.828 bits per heavy atom. The van der Waals surface area contributed by atoms with Crippen LogP contribution in [0, 0.1) is 10.1 Å². The van der Waals surface area contributed by atoms with E-state index in [1.165, 1.54) is 23.5 Å². The third kappa shape index (κ3) is 8.86. The van der Waals surface area contributed by atoms with Crippen molar-refractivity contribution in [1.82, 2.24) is 25.3 Å². The van der Waals surface area contributed by atoms with Crippen LogP contribution in [0.5, 0.6) is 23.0 Å². The Morgan fingerprint density at radius 3 is 2.29 bits per heavy atom. The third-order valence-electron chi connectivity index (χ3n) is 8.73. The summed E-state index contributed by atoms with van der Waals surface area (Å²) in [5.41, 5.74) is 3.44. The fraction of sp³-hybridized carbons (Fsp3) is 0.0714. The molecule has 8 rings (SSSR count). The van der Waals surface area contributed by atoms with Crippen LogP contribution in [-0.4, -0.2) is 49.8 Å². The molecule has 0 aliphatic heterocycles. The molecule has 0 atom stereocenters. The third-order valence-corrected chi connectivity index (χ3v) is 10.0. The van der Waals surface area contributed by atoms with Gasteiger partial charge in [0, 0.05) is 58.7 Å². The molecule has 0 unspecified atom stereocenters. The standard InChI is InChI=1S/C42H31ClN8O6S/c43-26-19-34(40-36(20-26)49-42(58-40)46-24-38(52)47-27-10-14-31(15-11-27)57-32-7-4-17-44-23-32)33-21-28(51(54)55)22-35-39(33)50-37(48-35)16-18-45-41(53)25-8-12-30(13-9-25)56-29-5-2-1-3-6-29/h1-15,17,19-23H,16,18,24H2,(H,45,53)(H,46,49)(H,47,52)(H,48,50). The zero-order valence-electron chi connectivity index (χ0n) is 30.3. The highest BCUT2D eigenvalue weighted by atomic mass is 35.5. The van der Waals surface area contributed by atoms with Crippen molar-refractivity contribution in [1.29, 1.82) is 0 Å². The molecule has 0 bridgehead atoms. The topological polar surface area (TPSA) is 186 Å². The number of imidazole rings is 1. The molecule has 16 heteroatoms. The summed E-state index contributed by atoms with van der Waals surface area (Å²) in [5, 5.41) is 21.7. The quantitative estimate of drug-likeness (QED) is 0.0609. The molecule has 14 nitrogen and oxygen atoms in total. The number of aromatic nitrogens is 4. The molecule has 0 radical (unpaired) electrons. The predicted molar refractivity (Wildman–Crippen MR) is 223 cm³/mol. The van der Waals surface area contributed by atoms with E-state index in [-0.39, 0.29) is 30.6 Å². The molecule has 0 fully saturated rings. The summed E-state index contributed by atoms with van der Waals surface area (Å²) in [6.07, 6.45) is 3.59. The minimum atomic E-state index is -0.471. The molecule has 288 valence electrons. The van der Waals surface area contributed by atoms with Crippen LogP contribution in [0.2, 0.25) is 5.02 Å².